The summed E-state index contributed by atoms with van der Waals surface area (Å²) in [7, 11) is 1.76. The molecular weight excluding hydrogens is 246 g/mol. The van der Waals surface area contributed by atoms with Crippen molar-refractivity contribution in [2.75, 3.05) is 13.6 Å². The van der Waals surface area contributed by atoms with Crippen LogP contribution in [0, 0.1) is 10.1 Å². The van der Waals surface area contributed by atoms with E-state index < -0.39 is 4.92 Å². The summed E-state index contributed by atoms with van der Waals surface area (Å²) in [6.07, 6.45) is 1.74. The number of likely N-dealkylation sites (N-methyl/N-ethyl adjacent to an activating group) is 1. The molecule has 1 aromatic rings. The summed E-state index contributed by atoms with van der Waals surface area (Å²) in [6.45, 7) is 0.956. The fraction of sp³-hybridized carbons (Fsp3) is 0.462. The molecule has 6 nitrogen and oxygen atoms in total. The number of nitrogens with zero attached hydrogens (tertiary/aromatic N) is 2. The average molecular weight is 263 g/mol. The quantitative estimate of drug-likeness (QED) is 0.656. The minimum Gasteiger partial charge on any atom is -0.337 e. The van der Waals surface area contributed by atoms with Gasteiger partial charge >= 0.3 is 0 Å². The second-order valence-electron chi connectivity index (χ2n) is 4.63. The molecule has 19 heavy (non-hydrogen) atoms. The Morgan fingerprint density at radius 1 is 1.47 bits per heavy atom. The number of likely N-dealkylation sites (tertiary alicyclic amines) is 1. The third kappa shape index (κ3) is 2.90. The first-order chi connectivity index (χ1) is 9.13. The van der Waals surface area contributed by atoms with Gasteiger partial charge in [0.1, 0.15) is 0 Å². The lowest BCUT2D eigenvalue weighted by Gasteiger charge is -2.32. The molecule has 0 bridgehead atoms. The molecule has 1 fully saturated rings. The maximum Gasteiger partial charge on any atom is 0.274 e. The summed E-state index contributed by atoms with van der Waals surface area (Å²) in [6, 6.07) is 6.40. The van der Waals surface area contributed by atoms with Crippen LogP contribution in [-0.4, -0.2) is 35.4 Å². The number of piperidine rings is 1. The minimum absolute atomic E-state index is 0.0203. The Morgan fingerprint density at radius 3 is 2.89 bits per heavy atom. The maximum absolute atomic E-state index is 12.1. The molecule has 1 aliphatic rings. The average Bonchev–Trinajstić information content (AvgIpc) is 2.41. The first-order valence-corrected chi connectivity index (χ1v) is 6.32. The lowest BCUT2D eigenvalue weighted by atomic mass is 10.0. The van der Waals surface area contributed by atoms with Crippen molar-refractivity contribution in [2.24, 2.45) is 0 Å². The molecule has 1 amide bonds. The molecule has 6 heteroatoms. The van der Waals surface area contributed by atoms with Crippen LogP contribution in [0.5, 0.6) is 0 Å². The maximum atomic E-state index is 12.1. The summed E-state index contributed by atoms with van der Waals surface area (Å²) in [5.74, 6) is 0.0203. The van der Waals surface area contributed by atoms with E-state index in [4.69, 9.17) is 0 Å². The minimum atomic E-state index is -0.403. The number of rotatable bonds is 4. The number of para-hydroxylation sites is 1. The first-order valence-electron chi connectivity index (χ1n) is 6.32. The number of nitro groups is 1. The van der Waals surface area contributed by atoms with Crippen LogP contribution in [0.15, 0.2) is 24.3 Å². The van der Waals surface area contributed by atoms with Crippen molar-refractivity contribution in [3.05, 3.63) is 39.9 Å². The number of benzene rings is 1. The molecule has 0 spiro atoms. The number of amides is 1. The van der Waals surface area contributed by atoms with Crippen LogP contribution in [0.25, 0.3) is 0 Å². The Balaban J connectivity index is 2.17. The number of hydrogen-bond acceptors (Lipinski definition) is 4. The Morgan fingerprint density at radius 2 is 2.21 bits per heavy atom. The summed E-state index contributed by atoms with van der Waals surface area (Å²) in [5, 5.41) is 13.9. The van der Waals surface area contributed by atoms with Crippen LogP contribution >= 0.6 is 0 Å². The number of carbonyl (C=O) groups is 1. The zero-order chi connectivity index (χ0) is 13.8. The summed E-state index contributed by atoms with van der Waals surface area (Å²) in [5.41, 5.74) is 0.652. The monoisotopic (exact) mass is 263 g/mol. The van der Waals surface area contributed by atoms with E-state index in [1.165, 1.54) is 6.07 Å². The van der Waals surface area contributed by atoms with Crippen molar-refractivity contribution in [3.63, 3.8) is 0 Å². The number of nitrogens with one attached hydrogen (secondary N) is 1. The van der Waals surface area contributed by atoms with Gasteiger partial charge in [0, 0.05) is 18.2 Å². The van der Waals surface area contributed by atoms with Crippen LogP contribution in [0.4, 0.5) is 5.69 Å². The molecular formula is C13H17N3O3. The van der Waals surface area contributed by atoms with E-state index in [1.807, 2.05) is 0 Å². The van der Waals surface area contributed by atoms with Gasteiger partial charge in [0.05, 0.1) is 17.5 Å². The summed E-state index contributed by atoms with van der Waals surface area (Å²) in [4.78, 5) is 24.4. The van der Waals surface area contributed by atoms with Crippen LogP contribution in [0.1, 0.15) is 18.4 Å². The highest BCUT2D eigenvalue weighted by Gasteiger charge is 2.28. The zero-order valence-electron chi connectivity index (χ0n) is 10.8. The Kier molecular flexibility index (Phi) is 4.11. The topological polar surface area (TPSA) is 75.5 Å². The van der Waals surface area contributed by atoms with E-state index >= 15 is 0 Å². The van der Waals surface area contributed by atoms with Crippen molar-refractivity contribution < 1.29 is 9.72 Å². The van der Waals surface area contributed by atoms with E-state index in [2.05, 4.69) is 5.32 Å². The second-order valence-corrected chi connectivity index (χ2v) is 4.63. The van der Waals surface area contributed by atoms with E-state index in [9.17, 15) is 14.9 Å². The molecule has 102 valence electrons. The van der Waals surface area contributed by atoms with Crippen LogP contribution in [0.3, 0.4) is 0 Å². The fourth-order valence-electron chi connectivity index (χ4n) is 2.39. The van der Waals surface area contributed by atoms with Gasteiger partial charge in [-0.3, -0.25) is 14.9 Å². The summed E-state index contributed by atoms with van der Waals surface area (Å²) < 4.78 is 0. The molecule has 1 aliphatic heterocycles. The highest BCUT2D eigenvalue weighted by Crippen LogP contribution is 2.22. The Bertz CT molecular complexity index is 490. The van der Waals surface area contributed by atoms with Crippen molar-refractivity contribution in [1.29, 1.82) is 0 Å². The van der Waals surface area contributed by atoms with Gasteiger partial charge in [-0.1, -0.05) is 18.2 Å². The third-order valence-electron chi connectivity index (χ3n) is 3.43. The fourth-order valence-corrected chi connectivity index (χ4v) is 2.39. The molecule has 1 unspecified atom stereocenters. The van der Waals surface area contributed by atoms with Crippen molar-refractivity contribution in [2.45, 2.75) is 25.4 Å². The third-order valence-corrected chi connectivity index (χ3v) is 3.43. The van der Waals surface area contributed by atoms with Gasteiger partial charge in [0.15, 0.2) is 0 Å². The standard InChI is InChI=1S/C13H17N3O3/c1-14-11-6-4-8-15(13(11)17)9-10-5-2-3-7-12(10)16(18)19/h2-3,5,7,11,14H,4,6,8-9H2,1H3. The molecule has 0 aromatic heterocycles. The molecule has 0 radical (unpaired) electrons. The molecule has 1 aromatic carbocycles. The van der Waals surface area contributed by atoms with Gasteiger partial charge in [0.25, 0.3) is 5.69 Å². The van der Waals surface area contributed by atoms with Gasteiger partial charge in [-0.2, -0.15) is 0 Å². The van der Waals surface area contributed by atoms with E-state index in [1.54, 1.807) is 30.1 Å². The van der Waals surface area contributed by atoms with Crippen molar-refractivity contribution in [1.82, 2.24) is 10.2 Å². The summed E-state index contributed by atoms with van der Waals surface area (Å²) >= 11 is 0. The van der Waals surface area contributed by atoms with Gasteiger partial charge in [-0.25, -0.2) is 0 Å². The second kappa shape index (κ2) is 5.79. The van der Waals surface area contributed by atoms with Crippen LogP contribution in [0.2, 0.25) is 0 Å². The van der Waals surface area contributed by atoms with Gasteiger partial charge in [-0.05, 0) is 19.9 Å². The predicted octanol–water partition coefficient (Wildman–Crippen LogP) is 1.31. The number of hydrogen-bond donors (Lipinski definition) is 1. The van der Waals surface area contributed by atoms with E-state index in [-0.39, 0.29) is 17.6 Å². The number of carbonyl (C=O) groups excluding carboxylic acids is 1. The molecule has 1 N–H and O–H groups in total. The van der Waals surface area contributed by atoms with Crippen molar-refractivity contribution >= 4 is 11.6 Å². The lowest BCUT2D eigenvalue weighted by molar-refractivity contribution is -0.385. The molecule has 2 rings (SSSR count). The molecule has 1 atom stereocenters. The lowest BCUT2D eigenvalue weighted by Crippen LogP contribution is -2.49. The zero-order valence-corrected chi connectivity index (χ0v) is 10.8. The van der Waals surface area contributed by atoms with Crippen molar-refractivity contribution in [3.8, 4) is 0 Å². The molecule has 1 saturated heterocycles. The molecule has 0 saturated carbocycles. The van der Waals surface area contributed by atoms with Crippen LogP contribution < -0.4 is 5.32 Å². The Labute approximate surface area is 111 Å². The van der Waals surface area contributed by atoms with Gasteiger partial charge in [0.2, 0.25) is 5.91 Å². The van der Waals surface area contributed by atoms with E-state index in [0.717, 1.165) is 12.8 Å². The van der Waals surface area contributed by atoms with E-state index in [0.29, 0.717) is 18.7 Å². The Hall–Kier alpha value is -1.95. The largest absolute Gasteiger partial charge is 0.337 e. The number of nitro benzene ring substituents is 1. The van der Waals surface area contributed by atoms with Gasteiger partial charge in [-0.15, -0.1) is 0 Å². The van der Waals surface area contributed by atoms with Crippen LogP contribution in [-0.2, 0) is 11.3 Å². The SMILES string of the molecule is CNC1CCCN(Cc2ccccc2[N+](=O)[O-])C1=O. The normalized spacial score (nSPS) is 19.5. The molecule has 1 heterocycles. The first kappa shape index (κ1) is 13.5. The highest BCUT2D eigenvalue weighted by molar-refractivity contribution is 5.82. The predicted molar refractivity (Wildman–Crippen MR) is 70.6 cm³/mol. The highest BCUT2D eigenvalue weighted by atomic mass is 16.6. The van der Waals surface area contributed by atoms with Gasteiger partial charge < -0.3 is 10.2 Å². The smallest absolute Gasteiger partial charge is 0.274 e. The molecule has 0 aliphatic carbocycles.